The first-order valence-corrected chi connectivity index (χ1v) is 8.65. The Hall–Kier alpha value is -2.15. The van der Waals surface area contributed by atoms with Crippen LogP contribution in [0.5, 0.6) is 0 Å². The van der Waals surface area contributed by atoms with Crippen LogP contribution in [0.25, 0.3) is 5.70 Å². The van der Waals surface area contributed by atoms with E-state index >= 15 is 0 Å². The Morgan fingerprint density at radius 3 is 2.00 bits per heavy atom. The first kappa shape index (κ1) is 17.2. The van der Waals surface area contributed by atoms with Crippen molar-refractivity contribution in [2.75, 3.05) is 0 Å². The lowest BCUT2D eigenvalue weighted by Gasteiger charge is -2.16. The van der Waals surface area contributed by atoms with E-state index < -0.39 is 0 Å². The molecule has 0 N–H and O–H groups in total. The van der Waals surface area contributed by atoms with Crippen molar-refractivity contribution in [1.82, 2.24) is 0 Å². The largest absolute Gasteiger partial charge is 0.252 e. The zero-order valence-electron chi connectivity index (χ0n) is 14.5. The number of allylic oxidation sites excluding steroid dienone is 1. The first-order valence-electron chi connectivity index (χ1n) is 8.65. The van der Waals surface area contributed by atoms with Gasteiger partial charge in [-0.3, -0.25) is 4.99 Å². The molecule has 120 valence electrons. The van der Waals surface area contributed by atoms with Gasteiger partial charge < -0.3 is 0 Å². The summed E-state index contributed by atoms with van der Waals surface area (Å²) in [6.07, 6.45) is 5.53. The Morgan fingerprint density at radius 2 is 1.48 bits per heavy atom. The summed E-state index contributed by atoms with van der Waals surface area (Å²) >= 11 is 0. The molecule has 1 heteroatoms. The summed E-state index contributed by atoms with van der Waals surface area (Å²) in [5.41, 5.74) is 4.68. The minimum Gasteiger partial charge on any atom is -0.252 e. The topological polar surface area (TPSA) is 12.4 Å². The van der Waals surface area contributed by atoms with Crippen molar-refractivity contribution >= 4 is 11.4 Å². The van der Waals surface area contributed by atoms with E-state index in [9.17, 15) is 0 Å². The van der Waals surface area contributed by atoms with Crippen molar-refractivity contribution in [3.05, 3.63) is 77.9 Å². The van der Waals surface area contributed by atoms with Crippen molar-refractivity contribution < 1.29 is 0 Å². The van der Waals surface area contributed by atoms with E-state index in [4.69, 9.17) is 4.99 Å². The Labute approximate surface area is 140 Å². The first-order chi connectivity index (χ1) is 11.3. The van der Waals surface area contributed by atoms with Crippen LogP contribution in [0.2, 0.25) is 0 Å². The predicted octanol–water partition coefficient (Wildman–Crippen LogP) is 6.36. The van der Waals surface area contributed by atoms with Gasteiger partial charge in [0.1, 0.15) is 0 Å². The lowest BCUT2D eigenvalue weighted by atomic mass is 9.94. The van der Waals surface area contributed by atoms with Crippen LogP contribution < -0.4 is 0 Å². The smallest absolute Gasteiger partial charge is 0.0665 e. The van der Waals surface area contributed by atoms with Crippen molar-refractivity contribution in [2.24, 2.45) is 10.9 Å². The number of nitrogens with zero attached hydrogens (tertiary/aromatic N) is 1. The molecule has 0 aliphatic carbocycles. The highest BCUT2D eigenvalue weighted by atomic mass is 14.8. The van der Waals surface area contributed by atoms with Gasteiger partial charge in [-0.15, -0.1) is 0 Å². The van der Waals surface area contributed by atoms with E-state index in [1.54, 1.807) is 0 Å². The maximum Gasteiger partial charge on any atom is 0.0665 e. The van der Waals surface area contributed by atoms with Gasteiger partial charge in [0, 0.05) is 0 Å². The average molecular weight is 305 g/mol. The molecule has 0 radical (unpaired) electrons. The monoisotopic (exact) mass is 305 g/mol. The van der Waals surface area contributed by atoms with E-state index in [2.05, 4.69) is 87.5 Å². The van der Waals surface area contributed by atoms with Crippen LogP contribution in [0.3, 0.4) is 0 Å². The predicted molar refractivity (Wildman–Crippen MR) is 102 cm³/mol. The van der Waals surface area contributed by atoms with Crippen LogP contribution in [-0.4, -0.2) is 5.71 Å². The molecule has 0 spiro atoms. The highest BCUT2D eigenvalue weighted by Gasteiger charge is 2.13. The van der Waals surface area contributed by atoms with Gasteiger partial charge in [0.25, 0.3) is 0 Å². The Balaban J connectivity index is 2.47. The molecule has 0 aliphatic rings. The van der Waals surface area contributed by atoms with Gasteiger partial charge in [-0.05, 0) is 29.9 Å². The fraction of sp³-hybridized carbons (Fsp3) is 0.318. The third kappa shape index (κ3) is 4.92. The highest BCUT2D eigenvalue weighted by molar-refractivity contribution is 6.04. The van der Waals surface area contributed by atoms with E-state index in [0.717, 1.165) is 18.5 Å². The number of hydrogen-bond acceptors (Lipinski definition) is 1. The highest BCUT2D eigenvalue weighted by Crippen LogP contribution is 2.22. The fourth-order valence-electron chi connectivity index (χ4n) is 2.80. The third-order valence-corrected chi connectivity index (χ3v) is 3.97. The zero-order chi connectivity index (χ0) is 16.5. The van der Waals surface area contributed by atoms with Crippen LogP contribution in [0.4, 0.5) is 0 Å². The van der Waals surface area contributed by atoms with Crippen LogP contribution in [0, 0.1) is 5.92 Å². The molecule has 0 amide bonds. The molecule has 0 fully saturated rings. The minimum atomic E-state index is 0.450. The number of rotatable bonds is 7. The second-order valence-corrected chi connectivity index (χ2v) is 5.92. The standard InChI is InChI=1S/C22H27N/c1-4-12-18(3)22(20-16-10-7-11-17-20)23-21(13-5-2)19-14-8-6-9-15-19/h6-11,13-18H,4-5,12H2,1-3H3. The van der Waals surface area contributed by atoms with E-state index in [1.165, 1.54) is 23.3 Å². The molecule has 2 rings (SSSR count). The van der Waals surface area contributed by atoms with Gasteiger partial charge in [0.2, 0.25) is 0 Å². The molecular weight excluding hydrogens is 278 g/mol. The maximum absolute atomic E-state index is 5.10. The summed E-state index contributed by atoms with van der Waals surface area (Å²) in [5, 5.41) is 0. The number of hydrogen-bond donors (Lipinski definition) is 0. The second kappa shape index (κ2) is 9.09. The summed E-state index contributed by atoms with van der Waals surface area (Å²) < 4.78 is 0. The maximum atomic E-state index is 5.10. The average Bonchev–Trinajstić information content (AvgIpc) is 2.60. The van der Waals surface area contributed by atoms with Gasteiger partial charge >= 0.3 is 0 Å². The molecule has 0 heterocycles. The molecule has 0 saturated heterocycles. The third-order valence-electron chi connectivity index (χ3n) is 3.97. The van der Waals surface area contributed by atoms with Crippen LogP contribution in [0.1, 0.15) is 51.2 Å². The van der Waals surface area contributed by atoms with E-state index in [1.807, 2.05) is 0 Å². The zero-order valence-corrected chi connectivity index (χ0v) is 14.5. The summed E-state index contributed by atoms with van der Waals surface area (Å²) in [7, 11) is 0. The molecule has 0 bridgehead atoms. The Bertz CT molecular complexity index is 638. The van der Waals surface area contributed by atoms with Gasteiger partial charge in [0.15, 0.2) is 0 Å². The molecule has 1 atom stereocenters. The minimum absolute atomic E-state index is 0.450. The van der Waals surface area contributed by atoms with E-state index in [-0.39, 0.29) is 0 Å². The van der Waals surface area contributed by atoms with Gasteiger partial charge in [-0.25, -0.2) is 0 Å². The number of aliphatic imine (C=N–C) groups is 1. The molecular formula is C22H27N. The van der Waals surface area contributed by atoms with Crippen molar-refractivity contribution in [2.45, 2.75) is 40.0 Å². The van der Waals surface area contributed by atoms with Gasteiger partial charge in [0.05, 0.1) is 11.4 Å². The van der Waals surface area contributed by atoms with Crippen molar-refractivity contribution in [1.29, 1.82) is 0 Å². The van der Waals surface area contributed by atoms with Gasteiger partial charge in [-0.2, -0.15) is 0 Å². The normalized spacial score (nSPS) is 13.9. The molecule has 0 saturated carbocycles. The quantitative estimate of drug-likeness (QED) is 0.527. The summed E-state index contributed by atoms with van der Waals surface area (Å²) in [5.74, 6) is 0.450. The second-order valence-electron chi connectivity index (χ2n) is 5.92. The van der Waals surface area contributed by atoms with Crippen molar-refractivity contribution in [3.8, 4) is 0 Å². The van der Waals surface area contributed by atoms with Crippen LogP contribution >= 0.6 is 0 Å². The Kier molecular flexibility index (Phi) is 6.80. The SMILES string of the molecule is CCC=C(N=C(c1ccccc1)C(C)CCC)c1ccccc1. The van der Waals surface area contributed by atoms with Gasteiger partial charge in [-0.1, -0.05) is 93.9 Å². The van der Waals surface area contributed by atoms with Crippen LogP contribution in [0.15, 0.2) is 71.7 Å². The lowest BCUT2D eigenvalue weighted by Crippen LogP contribution is -2.13. The molecule has 1 nitrogen and oxygen atoms in total. The molecule has 23 heavy (non-hydrogen) atoms. The molecule has 0 aliphatic heterocycles. The Morgan fingerprint density at radius 1 is 0.913 bits per heavy atom. The van der Waals surface area contributed by atoms with Crippen molar-refractivity contribution in [3.63, 3.8) is 0 Å². The molecule has 2 aromatic carbocycles. The van der Waals surface area contributed by atoms with E-state index in [0.29, 0.717) is 5.92 Å². The summed E-state index contributed by atoms with van der Waals surface area (Å²) in [6.45, 7) is 6.68. The molecule has 0 aromatic heterocycles. The molecule has 1 unspecified atom stereocenters. The molecule has 2 aromatic rings. The summed E-state index contributed by atoms with van der Waals surface area (Å²) in [4.78, 5) is 5.10. The fourth-order valence-corrected chi connectivity index (χ4v) is 2.80. The summed E-state index contributed by atoms with van der Waals surface area (Å²) in [6, 6.07) is 21.1. The lowest BCUT2D eigenvalue weighted by molar-refractivity contribution is 0.667. The van der Waals surface area contributed by atoms with Crippen LogP contribution in [-0.2, 0) is 0 Å². The number of benzene rings is 2.